The molecule has 0 aromatic heterocycles. The normalized spacial score (nSPS) is 10.3. The van der Waals surface area contributed by atoms with Crippen LogP contribution in [0.4, 0.5) is 21.9 Å². The summed E-state index contributed by atoms with van der Waals surface area (Å²) in [5.41, 5.74) is 0.945. The van der Waals surface area contributed by atoms with Crippen molar-refractivity contribution in [3.05, 3.63) is 58.6 Å². The predicted octanol–water partition coefficient (Wildman–Crippen LogP) is 3.56. The van der Waals surface area contributed by atoms with Gasteiger partial charge in [-0.15, -0.1) is 0 Å². The number of nitro benzene ring substituents is 1. The van der Waals surface area contributed by atoms with Crippen LogP contribution in [-0.4, -0.2) is 36.6 Å². The minimum Gasteiger partial charge on any atom is -0.426 e. The second-order valence-electron chi connectivity index (χ2n) is 6.58. The molecule has 29 heavy (non-hydrogen) atoms. The summed E-state index contributed by atoms with van der Waals surface area (Å²) >= 11 is 0. The Morgan fingerprint density at radius 2 is 1.79 bits per heavy atom. The first kappa shape index (κ1) is 21.7. The number of urea groups is 1. The molecule has 0 bridgehead atoms. The Bertz CT molecular complexity index is 867. The van der Waals surface area contributed by atoms with Gasteiger partial charge < -0.3 is 15.4 Å². The molecule has 2 N–H and O–H groups in total. The molecule has 0 aliphatic carbocycles. The summed E-state index contributed by atoms with van der Waals surface area (Å²) in [5, 5.41) is 16.6. The molecule has 2 aromatic carbocycles. The molecule has 0 saturated heterocycles. The lowest BCUT2D eigenvalue weighted by Crippen LogP contribution is -2.40. The van der Waals surface area contributed by atoms with Crippen LogP contribution in [0.5, 0.6) is 5.75 Å². The van der Waals surface area contributed by atoms with E-state index < -0.39 is 10.9 Å². The highest BCUT2D eigenvalue weighted by atomic mass is 16.6. The van der Waals surface area contributed by atoms with Gasteiger partial charge in [0.25, 0.3) is 5.69 Å². The van der Waals surface area contributed by atoms with E-state index in [0.717, 1.165) is 0 Å². The number of benzene rings is 2. The fraction of sp³-hybridized carbons (Fsp3) is 0.300. The van der Waals surface area contributed by atoms with Crippen molar-refractivity contribution in [2.45, 2.75) is 26.3 Å². The first-order valence-electron chi connectivity index (χ1n) is 9.10. The summed E-state index contributed by atoms with van der Waals surface area (Å²) < 4.78 is 5.26. The Labute approximate surface area is 168 Å². The Balaban J connectivity index is 1.85. The quantitative estimate of drug-likeness (QED) is 0.303. The van der Waals surface area contributed by atoms with Gasteiger partial charge in [0.1, 0.15) is 11.4 Å². The lowest BCUT2D eigenvalue weighted by molar-refractivity contribution is -0.384. The molecule has 0 spiro atoms. The second kappa shape index (κ2) is 10.1. The van der Waals surface area contributed by atoms with Crippen LogP contribution in [0, 0.1) is 10.1 Å². The topological polar surface area (TPSA) is 114 Å². The lowest BCUT2D eigenvalue weighted by atomic mass is 10.2. The monoisotopic (exact) mass is 400 g/mol. The molecule has 2 aromatic rings. The minimum atomic E-state index is -0.485. The highest BCUT2D eigenvalue weighted by molar-refractivity contribution is 5.91. The van der Waals surface area contributed by atoms with Gasteiger partial charge in [-0.2, -0.15) is 0 Å². The number of para-hydroxylation sites is 2. The van der Waals surface area contributed by atoms with E-state index in [0.29, 0.717) is 17.1 Å². The van der Waals surface area contributed by atoms with Crippen molar-refractivity contribution in [2.24, 2.45) is 0 Å². The number of anilines is 2. The molecule has 9 heteroatoms. The van der Waals surface area contributed by atoms with Gasteiger partial charge in [-0.1, -0.05) is 12.1 Å². The number of carbonyl (C=O) groups excluding carboxylic acids is 2. The zero-order valence-corrected chi connectivity index (χ0v) is 16.5. The van der Waals surface area contributed by atoms with E-state index in [4.69, 9.17) is 4.74 Å². The fourth-order valence-corrected chi connectivity index (χ4v) is 2.46. The standard InChI is InChI=1S/C20H24N4O5/c1-14(2)22-20(26)23(3)15-8-10-16(11-9-15)29-19(25)12-13-21-17-6-4-5-7-18(17)24(27)28/h4-11,14,21H,12-13H2,1-3H3,(H,22,26). The number of nitro groups is 1. The highest BCUT2D eigenvalue weighted by Crippen LogP contribution is 2.23. The smallest absolute Gasteiger partial charge is 0.321 e. The van der Waals surface area contributed by atoms with Gasteiger partial charge in [-0.3, -0.25) is 19.8 Å². The van der Waals surface area contributed by atoms with E-state index >= 15 is 0 Å². The van der Waals surface area contributed by atoms with Crippen LogP contribution in [0.15, 0.2) is 48.5 Å². The SMILES string of the molecule is CC(C)NC(=O)N(C)c1ccc(OC(=O)CCNc2ccccc2[N+](=O)[O-])cc1. The molecule has 0 radical (unpaired) electrons. The Kier molecular flexibility index (Phi) is 7.53. The number of amides is 2. The number of carbonyl (C=O) groups is 2. The number of nitrogens with one attached hydrogen (secondary N) is 2. The molecule has 2 rings (SSSR count). The van der Waals surface area contributed by atoms with Crippen LogP contribution < -0.4 is 20.3 Å². The summed E-state index contributed by atoms with van der Waals surface area (Å²) in [6.07, 6.45) is 0.0322. The van der Waals surface area contributed by atoms with Gasteiger partial charge in [0, 0.05) is 31.4 Å². The van der Waals surface area contributed by atoms with Crippen LogP contribution in [0.3, 0.4) is 0 Å². The number of ether oxygens (including phenoxy) is 1. The van der Waals surface area contributed by atoms with Crippen LogP contribution in [0.2, 0.25) is 0 Å². The molecule has 0 heterocycles. The van der Waals surface area contributed by atoms with Crippen LogP contribution in [0.25, 0.3) is 0 Å². The first-order valence-corrected chi connectivity index (χ1v) is 9.10. The number of hydrogen-bond acceptors (Lipinski definition) is 6. The van der Waals surface area contributed by atoms with Crippen molar-refractivity contribution in [1.82, 2.24) is 5.32 Å². The van der Waals surface area contributed by atoms with E-state index in [-0.39, 0.29) is 30.7 Å². The van der Waals surface area contributed by atoms with E-state index in [2.05, 4.69) is 10.6 Å². The third-order valence-electron chi connectivity index (χ3n) is 3.92. The van der Waals surface area contributed by atoms with E-state index in [1.165, 1.54) is 11.0 Å². The van der Waals surface area contributed by atoms with Crippen LogP contribution in [0.1, 0.15) is 20.3 Å². The van der Waals surface area contributed by atoms with Crippen molar-refractivity contribution in [1.29, 1.82) is 0 Å². The second-order valence-corrected chi connectivity index (χ2v) is 6.58. The molecule has 0 unspecified atom stereocenters. The van der Waals surface area contributed by atoms with Gasteiger partial charge in [-0.05, 0) is 44.2 Å². The number of esters is 1. The molecule has 2 amide bonds. The van der Waals surface area contributed by atoms with Crippen molar-refractivity contribution in [3.63, 3.8) is 0 Å². The van der Waals surface area contributed by atoms with Gasteiger partial charge in [0.05, 0.1) is 11.3 Å². The third-order valence-corrected chi connectivity index (χ3v) is 3.92. The molecular weight excluding hydrogens is 376 g/mol. The van der Waals surface area contributed by atoms with E-state index in [1.807, 2.05) is 13.8 Å². The maximum absolute atomic E-state index is 12.0. The average molecular weight is 400 g/mol. The van der Waals surface area contributed by atoms with Crippen molar-refractivity contribution in [3.8, 4) is 5.75 Å². The zero-order chi connectivity index (χ0) is 21.4. The van der Waals surface area contributed by atoms with Crippen molar-refractivity contribution >= 4 is 29.1 Å². The Morgan fingerprint density at radius 1 is 1.14 bits per heavy atom. The molecular formula is C20H24N4O5. The predicted molar refractivity (Wildman–Crippen MR) is 110 cm³/mol. The van der Waals surface area contributed by atoms with E-state index in [9.17, 15) is 19.7 Å². The number of hydrogen-bond donors (Lipinski definition) is 2. The Morgan fingerprint density at radius 3 is 2.41 bits per heavy atom. The van der Waals surface area contributed by atoms with Crippen molar-refractivity contribution in [2.75, 3.05) is 23.8 Å². The van der Waals surface area contributed by atoms with Gasteiger partial charge in [-0.25, -0.2) is 4.79 Å². The van der Waals surface area contributed by atoms with Crippen molar-refractivity contribution < 1.29 is 19.2 Å². The van der Waals surface area contributed by atoms with E-state index in [1.54, 1.807) is 49.5 Å². The van der Waals surface area contributed by atoms with Gasteiger partial charge in [0.2, 0.25) is 0 Å². The summed E-state index contributed by atoms with van der Waals surface area (Å²) in [6.45, 7) is 3.94. The molecule has 0 aliphatic heterocycles. The molecule has 9 nitrogen and oxygen atoms in total. The third kappa shape index (κ3) is 6.49. The fourth-order valence-electron chi connectivity index (χ4n) is 2.46. The summed E-state index contributed by atoms with van der Waals surface area (Å²) in [5.74, 6) is -0.128. The molecule has 0 atom stereocenters. The van der Waals surface area contributed by atoms with Crippen LogP contribution >= 0.6 is 0 Å². The maximum Gasteiger partial charge on any atom is 0.321 e. The zero-order valence-electron chi connectivity index (χ0n) is 16.5. The largest absolute Gasteiger partial charge is 0.426 e. The summed E-state index contributed by atoms with van der Waals surface area (Å²) in [4.78, 5) is 35.9. The summed E-state index contributed by atoms with van der Waals surface area (Å²) in [6, 6.07) is 12.6. The molecule has 0 saturated carbocycles. The highest BCUT2D eigenvalue weighted by Gasteiger charge is 2.14. The lowest BCUT2D eigenvalue weighted by Gasteiger charge is -2.20. The molecule has 0 aliphatic rings. The minimum absolute atomic E-state index is 0.0242. The number of rotatable bonds is 8. The number of nitrogens with zero attached hydrogens (tertiary/aromatic N) is 2. The average Bonchev–Trinajstić information content (AvgIpc) is 2.67. The first-order chi connectivity index (χ1) is 13.8. The molecule has 154 valence electrons. The van der Waals surface area contributed by atoms with Gasteiger partial charge >= 0.3 is 12.0 Å². The van der Waals surface area contributed by atoms with Gasteiger partial charge in [0.15, 0.2) is 0 Å². The van der Waals surface area contributed by atoms with Crippen LogP contribution in [-0.2, 0) is 4.79 Å². The summed E-state index contributed by atoms with van der Waals surface area (Å²) in [7, 11) is 1.65. The molecule has 0 fully saturated rings. The Hall–Kier alpha value is -3.62. The maximum atomic E-state index is 12.0.